The van der Waals surface area contributed by atoms with Gasteiger partial charge in [0.15, 0.2) is 0 Å². The average molecular weight is 191 g/mol. The number of benzene rings is 1. The van der Waals surface area contributed by atoms with E-state index in [2.05, 4.69) is 10.4 Å². The highest BCUT2D eigenvalue weighted by atomic mass is 16.3. The van der Waals surface area contributed by atoms with Crippen molar-refractivity contribution in [2.24, 2.45) is 0 Å². The quantitative estimate of drug-likeness (QED) is 0.651. The Balaban J connectivity index is 2.67. The molecule has 0 saturated heterocycles. The lowest BCUT2D eigenvalue weighted by atomic mass is 10.2. The van der Waals surface area contributed by atoms with Gasteiger partial charge in [0.2, 0.25) is 0 Å². The molecule has 0 aliphatic heterocycles. The first-order valence-corrected chi connectivity index (χ1v) is 4.11. The van der Waals surface area contributed by atoms with Gasteiger partial charge in [0, 0.05) is 18.5 Å². The van der Waals surface area contributed by atoms with Crippen LogP contribution in [0.2, 0.25) is 0 Å². The van der Waals surface area contributed by atoms with Gasteiger partial charge in [-0.15, -0.1) is 0 Å². The lowest BCUT2D eigenvalue weighted by Crippen LogP contribution is -2.25. The number of phenols is 1. The summed E-state index contributed by atoms with van der Waals surface area (Å²) >= 11 is 0. The number of amides is 1. The van der Waals surface area contributed by atoms with Gasteiger partial charge in [0.25, 0.3) is 0 Å². The van der Waals surface area contributed by atoms with Gasteiger partial charge in [-0.3, -0.25) is 0 Å². The predicted molar refractivity (Wildman–Crippen MR) is 51.3 cm³/mol. The molecule has 0 unspecified atom stereocenters. The molecule has 1 amide bonds. The van der Waals surface area contributed by atoms with Crippen LogP contribution in [0.3, 0.4) is 0 Å². The van der Waals surface area contributed by atoms with Crippen LogP contribution in [0.4, 0.5) is 4.79 Å². The van der Waals surface area contributed by atoms with E-state index in [9.17, 15) is 9.90 Å². The number of carbonyl (C=O) groups excluding carboxylic acids is 1. The maximum Gasteiger partial charge on any atom is 0.342 e. The number of phenolic OH excluding ortho intramolecular Hbond substituents is 1. The summed E-state index contributed by atoms with van der Waals surface area (Å²) in [5.41, 5.74) is 0.587. The summed E-state index contributed by atoms with van der Waals surface area (Å²) in [5.74, 6) is 0.114. The molecule has 0 aliphatic rings. The third kappa shape index (κ3) is 1.19. The molecular formula is C9H9N3O2. The molecule has 2 aromatic rings. The largest absolute Gasteiger partial charge is 0.508 e. The number of hydrogen-bond donors (Lipinski definition) is 2. The molecular weight excluding hydrogens is 182 g/mol. The zero-order chi connectivity index (χ0) is 10.1. The van der Waals surface area contributed by atoms with Gasteiger partial charge in [-0.2, -0.15) is 9.78 Å². The Morgan fingerprint density at radius 1 is 1.57 bits per heavy atom. The van der Waals surface area contributed by atoms with Crippen LogP contribution in [0.25, 0.3) is 10.9 Å². The van der Waals surface area contributed by atoms with Crippen LogP contribution in [0, 0.1) is 0 Å². The summed E-state index contributed by atoms with van der Waals surface area (Å²) in [6.07, 6.45) is 1.57. The fourth-order valence-electron chi connectivity index (χ4n) is 1.27. The molecule has 5 nitrogen and oxygen atoms in total. The van der Waals surface area contributed by atoms with Gasteiger partial charge >= 0.3 is 6.03 Å². The molecule has 0 aliphatic carbocycles. The van der Waals surface area contributed by atoms with Crippen molar-refractivity contribution in [1.29, 1.82) is 0 Å². The SMILES string of the molecule is CNC(=O)n1ncc2ccc(O)cc21. The van der Waals surface area contributed by atoms with Crippen molar-refractivity contribution in [1.82, 2.24) is 15.1 Å². The summed E-state index contributed by atoms with van der Waals surface area (Å²) in [4.78, 5) is 11.3. The van der Waals surface area contributed by atoms with Crippen molar-refractivity contribution >= 4 is 16.9 Å². The summed E-state index contributed by atoms with van der Waals surface area (Å²) in [7, 11) is 1.53. The second-order valence-electron chi connectivity index (χ2n) is 2.85. The highest BCUT2D eigenvalue weighted by Crippen LogP contribution is 2.18. The number of carbonyl (C=O) groups is 1. The monoisotopic (exact) mass is 191 g/mol. The summed E-state index contributed by atoms with van der Waals surface area (Å²) < 4.78 is 1.20. The Hall–Kier alpha value is -2.04. The van der Waals surface area contributed by atoms with Gasteiger partial charge < -0.3 is 10.4 Å². The van der Waals surface area contributed by atoms with Crippen LogP contribution in [-0.2, 0) is 0 Å². The molecule has 1 aromatic carbocycles. The number of aromatic hydroxyl groups is 1. The van der Waals surface area contributed by atoms with Gasteiger partial charge in [0.1, 0.15) is 5.75 Å². The highest BCUT2D eigenvalue weighted by Gasteiger charge is 2.08. The highest BCUT2D eigenvalue weighted by molar-refractivity contribution is 5.90. The van der Waals surface area contributed by atoms with E-state index in [-0.39, 0.29) is 11.8 Å². The molecule has 72 valence electrons. The molecule has 1 heterocycles. The van der Waals surface area contributed by atoms with Gasteiger partial charge in [0.05, 0.1) is 11.7 Å². The first-order chi connectivity index (χ1) is 6.72. The minimum atomic E-state index is -0.328. The van der Waals surface area contributed by atoms with E-state index >= 15 is 0 Å². The third-order valence-electron chi connectivity index (χ3n) is 1.96. The van der Waals surface area contributed by atoms with E-state index in [4.69, 9.17) is 0 Å². The maximum atomic E-state index is 11.3. The van der Waals surface area contributed by atoms with Crippen molar-refractivity contribution in [2.75, 3.05) is 7.05 Å². The molecule has 0 spiro atoms. The van der Waals surface area contributed by atoms with Gasteiger partial charge in [-0.05, 0) is 12.1 Å². The van der Waals surface area contributed by atoms with Crippen LogP contribution in [-0.4, -0.2) is 28.0 Å². The first-order valence-electron chi connectivity index (χ1n) is 4.11. The second kappa shape index (κ2) is 3.02. The Morgan fingerprint density at radius 2 is 2.36 bits per heavy atom. The minimum absolute atomic E-state index is 0.114. The summed E-state index contributed by atoms with van der Waals surface area (Å²) in [6, 6.07) is 4.43. The number of rotatable bonds is 0. The van der Waals surface area contributed by atoms with Crippen molar-refractivity contribution < 1.29 is 9.90 Å². The molecule has 5 heteroatoms. The number of nitrogens with one attached hydrogen (secondary N) is 1. The van der Waals surface area contributed by atoms with E-state index in [1.807, 2.05) is 0 Å². The Morgan fingerprint density at radius 3 is 3.07 bits per heavy atom. The number of nitrogens with zero attached hydrogens (tertiary/aromatic N) is 2. The summed E-state index contributed by atoms with van der Waals surface area (Å²) in [5, 5.41) is 16.4. The van der Waals surface area contributed by atoms with Crippen LogP contribution in [0.1, 0.15) is 0 Å². The molecule has 0 fully saturated rings. The van der Waals surface area contributed by atoms with Crippen molar-refractivity contribution in [3.8, 4) is 5.75 Å². The zero-order valence-electron chi connectivity index (χ0n) is 7.56. The third-order valence-corrected chi connectivity index (χ3v) is 1.96. The van der Waals surface area contributed by atoms with E-state index < -0.39 is 0 Å². The van der Waals surface area contributed by atoms with E-state index in [0.717, 1.165) is 5.39 Å². The lowest BCUT2D eigenvalue weighted by Gasteiger charge is -2.00. The topological polar surface area (TPSA) is 67.2 Å². The van der Waals surface area contributed by atoms with Crippen molar-refractivity contribution in [3.05, 3.63) is 24.4 Å². The molecule has 2 N–H and O–H groups in total. The Bertz CT molecular complexity index is 490. The lowest BCUT2D eigenvalue weighted by molar-refractivity contribution is 0.242. The number of aromatic nitrogens is 2. The Labute approximate surface area is 80.0 Å². The molecule has 0 saturated carbocycles. The molecule has 1 aromatic heterocycles. The number of hydrogen-bond acceptors (Lipinski definition) is 3. The van der Waals surface area contributed by atoms with Gasteiger partial charge in [-0.1, -0.05) is 0 Å². The molecule has 0 atom stereocenters. The molecule has 14 heavy (non-hydrogen) atoms. The van der Waals surface area contributed by atoms with Gasteiger partial charge in [-0.25, -0.2) is 4.79 Å². The predicted octanol–water partition coefficient (Wildman–Crippen LogP) is 0.929. The smallest absolute Gasteiger partial charge is 0.342 e. The standard InChI is InChI=1S/C9H9N3O2/c1-10-9(14)12-8-4-7(13)3-2-6(8)5-11-12/h2-5,13H,1H3,(H,10,14). The van der Waals surface area contributed by atoms with Crippen LogP contribution in [0.5, 0.6) is 5.75 Å². The molecule has 0 bridgehead atoms. The zero-order valence-corrected chi connectivity index (χ0v) is 7.56. The second-order valence-corrected chi connectivity index (χ2v) is 2.85. The van der Waals surface area contributed by atoms with E-state index in [1.54, 1.807) is 18.3 Å². The van der Waals surface area contributed by atoms with Crippen LogP contribution < -0.4 is 5.32 Å². The summed E-state index contributed by atoms with van der Waals surface area (Å²) in [6.45, 7) is 0. The number of fused-ring (bicyclic) bond motifs is 1. The molecule has 0 radical (unpaired) electrons. The average Bonchev–Trinajstić information content (AvgIpc) is 2.59. The van der Waals surface area contributed by atoms with Crippen LogP contribution in [0.15, 0.2) is 24.4 Å². The first kappa shape index (κ1) is 8.55. The van der Waals surface area contributed by atoms with E-state index in [0.29, 0.717) is 5.52 Å². The van der Waals surface area contributed by atoms with Crippen molar-refractivity contribution in [2.45, 2.75) is 0 Å². The van der Waals surface area contributed by atoms with E-state index in [1.165, 1.54) is 17.8 Å². The normalized spacial score (nSPS) is 10.4. The fraction of sp³-hybridized carbons (Fsp3) is 0.111. The van der Waals surface area contributed by atoms with Crippen LogP contribution >= 0.6 is 0 Å². The fourth-order valence-corrected chi connectivity index (χ4v) is 1.27. The maximum absolute atomic E-state index is 11.3. The van der Waals surface area contributed by atoms with Crippen molar-refractivity contribution in [3.63, 3.8) is 0 Å². The minimum Gasteiger partial charge on any atom is -0.508 e. The Kier molecular flexibility index (Phi) is 1.85. The molecule has 2 rings (SSSR count).